The Morgan fingerprint density at radius 2 is 1.81 bits per heavy atom. The predicted molar refractivity (Wildman–Crippen MR) is 140 cm³/mol. The first kappa shape index (κ1) is 24.8. The third kappa shape index (κ3) is 3.47. The van der Waals surface area contributed by atoms with Gasteiger partial charge in [0.25, 0.3) is 0 Å². The van der Waals surface area contributed by atoms with Gasteiger partial charge >= 0.3 is 0 Å². The lowest BCUT2D eigenvalue weighted by Crippen LogP contribution is -2.56. The fourth-order valence-corrected chi connectivity index (χ4v) is 5.94. The number of carbonyl (C=O) groups is 1. The molecule has 1 aliphatic carbocycles. The zero-order chi connectivity index (χ0) is 25.8. The summed E-state index contributed by atoms with van der Waals surface area (Å²) in [6.45, 7) is 1.56. The Morgan fingerprint density at radius 1 is 1.14 bits per heavy atom. The fraction of sp³-hybridized carbons (Fsp3) is 0.286. The van der Waals surface area contributed by atoms with Crippen LogP contribution in [0.3, 0.4) is 0 Å². The second-order valence-corrected chi connectivity index (χ2v) is 10.6. The van der Waals surface area contributed by atoms with Crippen LogP contribution in [0.4, 0.5) is 0 Å². The smallest absolute Gasteiger partial charge is 0.230 e. The third-order valence-corrected chi connectivity index (χ3v) is 7.83. The van der Waals surface area contributed by atoms with Gasteiger partial charge in [0.2, 0.25) is 5.91 Å². The molecule has 1 amide bonds. The van der Waals surface area contributed by atoms with Gasteiger partial charge in [-0.05, 0) is 24.6 Å². The quantitative estimate of drug-likeness (QED) is 0.460. The number of rotatable bonds is 3. The van der Waals surface area contributed by atoms with Gasteiger partial charge in [0.05, 0.1) is 16.6 Å². The molecule has 8 heteroatoms. The van der Waals surface area contributed by atoms with Crippen LogP contribution in [0.15, 0.2) is 65.1 Å². The van der Waals surface area contributed by atoms with Gasteiger partial charge in [0.1, 0.15) is 17.5 Å². The monoisotopic (exact) mass is 566 g/mol. The largest absolute Gasteiger partial charge is 0.484 e. The van der Waals surface area contributed by atoms with E-state index in [1.54, 1.807) is 27.1 Å². The Hall–Kier alpha value is -2.89. The molecule has 0 bridgehead atoms. The summed E-state index contributed by atoms with van der Waals surface area (Å²) in [7, 11) is 3.22. The average Bonchev–Trinajstić information content (AvgIpc) is 3.24. The number of benzene rings is 2. The molecule has 1 aromatic heterocycles. The molecule has 1 aliphatic heterocycles. The number of ether oxygens (including phenoxy) is 1. The molecule has 2 aromatic carbocycles. The number of carbonyl (C=O) groups excluding carboxylic acids is 1. The molecule has 5 rings (SSSR count). The zero-order valence-electron chi connectivity index (χ0n) is 19.9. The van der Waals surface area contributed by atoms with Crippen molar-refractivity contribution in [3.05, 3.63) is 81.4 Å². The van der Waals surface area contributed by atoms with Gasteiger partial charge in [-0.2, -0.15) is 0 Å². The highest BCUT2D eigenvalue weighted by Gasteiger charge is 2.76. The molecule has 0 spiro atoms. The molecule has 0 saturated heterocycles. The van der Waals surface area contributed by atoms with Crippen molar-refractivity contribution < 1.29 is 19.7 Å². The second-order valence-electron chi connectivity index (χ2n) is 9.27. The standard InChI is InChI=1S/C28H24BrClN2O4/c1-4-14-27(34)22(26(33)32(2)3)21(16-8-6-5-7-9-16)25-28(27,35)24-20(36-25)15-19(30)23(31-24)17-10-12-18(29)13-11-17/h5-13,15,21-22,25,34-35H,1-3H3. The summed E-state index contributed by atoms with van der Waals surface area (Å²) in [6, 6.07) is 18.3. The van der Waals surface area contributed by atoms with Crippen molar-refractivity contribution in [2.75, 3.05) is 14.1 Å². The first-order valence-corrected chi connectivity index (χ1v) is 12.6. The Kier molecular flexibility index (Phi) is 6.12. The Morgan fingerprint density at radius 3 is 2.42 bits per heavy atom. The molecule has 0 radical (unpaired) electrons. The topological polar surface area (TPSA) is 82.9 Å². The van der Waals surface area contributed by atoms with Gasteiger partial charge < -0.3 is 19.8 Å². The van der Waals surface area contributed by atoms with Crippen LogP contribution in [0.1, 0.15) is 24.1 Å². The van der Waals surface area contributed by atoms with Crippen LogP contribution in [0.2, 0.25) is 5.02 Å². The van der Waals surface area contributed by atoms with Gasteiger partial charge in [0, 0.05) is 36.1 Å². The number of amides is 1. The molecule has 2 N–H and O–H groups in total. The van der Waals surface area contributed by atoms with Crippen molar-refractivity contribution in [2.45, 2.75) is 30.1 Å². The van der Waals surface area contributed by atoms with Gasteiger partial charge in [-0.25, -0.2) is 4.98 Å². The van der Waals surface area contributed by atoms with Crippen molar-refractivity contribution in [2.24, 2.45) is 5.92 Å². The highest BCUT2D eigenvalue weighted by Crippen LogP contribution is 2.62. The Labute approximate surface area is 223 Å². The van der Waals surface area contributed by atoms with E-state index in [4.69, 9.17) is 21.3 Å². The maximum Gasteiger partial charge on any atom is 0.230 e. The number of pyridine rings is 1. The lowest BCUT2D eigenvalue weighted by atomic mass is 9.76. The molecule has 2 heterocycles. The normalized spacial score (nSPS) is 27.9. The Bertz CT molecular complexity index is 1400. The van der Waals surface area contributed by atoms with Gasteiger partial charge in [-0.15, -0.1) is 5.92 Å². The summed E-state index contributed by atoms with van der Waals surface area (Å²) in [5.41, 5.74) is -2.29. The molecular weight excluding hydrogens is 544 g/mol. The van der Waals surface area contributed by atoms with E-state index in [9.17, 15) is 15.0 Å². The summed E-state index contributed by atoms with van der Waals surface area (Å²) in [4.78, 5) is 19.7. The van der Waals surface area contributed by atoms with E-state index < -0.39 is 29.1 Å². The number of fused-ring (bicyclic) bond motifs is 3. The molecule has 2 aliphatic rings. The molecule has 3 aromatic rings. The number of hydrogen-bond acceptors (Lipinski definition) is 5. The van der Waals surface area contributed by atoms with Crippen LogP contribution in [-0.4, -0.2) is 51.8 Å². The van der Waals surface area contributed by atoms with E-state index in [0.717, 1.165) is 15.6 Å². The summed E-state index contributed by atoms with van der Waals surface area (Å²) in [6.07, 6.45) is -1.03. The number of nitrogens with zero attached hydrogens (tertiary/aromatic N) is 2. The van der Waals surface area contributed by atoms with Crippen LogP contribution in [-0.2, 0) is 10.4 Å². The summed E-state index contributed by atoms with van der Waals surface area (Å²) in [5, 5.41) is 25.0. The van der Waals surface area contributed by atoms with Crippen molar-refractivity contribution in [3.8, 4) is 28.8 Å². The van der Waals surface area contributed by atoms with E-state index in [1.807, 2.05) is 54.6 Å². The number of hydrogen-bond donors (Lipinski definition) is 2. The molecule has 6 nitrogen and oxygen atoms in total. The van der Waals surface area contributed by atoms with Crippen molar-refractivity contribution in [3.63, 3.8) is 0 Å². The molecular formula is C28H24BrClN2O4. The van der Waals surface area contributed by atoms with Crippen LogP contribution < -0.4 is 4.74 Å². The minimum Gasteiger partial charge on any atom is -0.484 e. The van der Waals surface area contributed by atoms with Crippen LogP contribution in [0.25, 0.3) is 11.3 Å². The maximum atomic E-state index is 13.6. The number of aliphatic hydroxyl groups is 2. The summed E-state index contributed by atoms with van der Waals surface area (Å²) < 4.78 is 7.18. The number of aromatic nitrogens is 1. The summed E-state index contributed by atoms with van der Waals surface area (Å²) >= 11 is 10.0. The lowest BCUT2D eigenvalue weighted by molar-refractivity contribution is -0.157. The minimum atomic E-state index is -2.18. The molecule has 5 atom stereocenters. The SMILES string of the molecule is CC#CC1(O)C(C(=O)N(C)C)C(c2ccccc2)C2Oc3cc(Cl)c(-c4ccc(Br)cc4)nc3C21O. The van der Waals surface area contributed by atoms with Crippen LogP contribution in [0.5, 0.6) is 5.75 Å². The van der Waals surface area contributed by atoms with E-state index in [1.165, 1.54) is 4.90 Å². The molecule has 184 valence electrons. The average molecular weight is 568 g/mol. The van der Waals surface area contributed by atoms with E-state index in [-0.39, 0.29) is 17.4 Å². The van der Waals surface area contributed by atoms with Crippen LogP contribution in [0, 0.1) is 17.8 Å². The fourth-order valence-electron chi connectivity index (χ4n) is 5.42. The van der Waals surface area contributed by atoms with E-state index in [0.29, 0.717) is 10.7 Å². The van der Waals surface area contributed by atoms with Crippen molar-refractivity contribution in [1.29, 1.82) is 0 Å². The maximum absolute atomic E-state index is 13.6. The van der Waals surface area contributed by atoms with Crippen molar-refractivity contribution in [1.82, 2.24) is 9.88 Å². The molecule has 36 heavy (non-hydrogen) atoms. The first-order valence-electron chi connectivity index (χ1n) is 11.4. The highest BCUT2D eigenvalue weighted by molar-refractivity contribution is 9.10. The van der Waals surface area contributed by atoms with E-state index >= 15 is 0 Å². The van der Waals surface area contributed by atoms with E-state index in [2.05, 4.69) is 27.8 Å². The molecule has 1 fully saturated rings. The second kappa shape index (κ2) is 8.89. The highest BCUT2D eigenvalue weighted by atomic mass is 79.9. The first-order chi connectivity index (χ1) is 17.1. The predicted octanol–water partition coefficient (Wildman–Crippen LogP) is 4.37. The summed E-state index contributed by atoms with van der Waals surface area (Å²) in [5.74, 6) is 3.58. The third-order valence-electron chi connectivity index (χ3n) is 7.01. The zero-order valence-corrected chi connectivity index (χ0v) is 22.2. The van der Waals surface area contributed by atoms with Crippen LogP contribution >= 0.6 is 27.5 Å². The molecule has 1 saturated carbocycles. The van der Waals surface area contributed by atoms with Crippen molar-refractivity contribution >= 4 is 33.4 Å². The van der Waals surface area contributed by atoms with Gasteiger partial charge in [0.15, 0.2) is 11.2 Å². The van der Waals surface area contributed by atoms with Gasteiger partial charge in [-0.1, -0.05) is 75.9 Å². The Balaban J connectivity index is 1.77. The molecule has 5 unspecified atom stereocenters. The lowest BCUT2D eigenvalue weighted by Gasteiger charge is -2.36. The minimum absolute atomic E-state index is 0.107. The number of halogens is 2. The van der Waals surface area contributed by atoms with Gasteiger partial charge in [-0.3, -0.25) is 4.79 Å².